The van der Waals surface area contributed by atoms with Gasteiger partial charge in [0.25, 0.3) is 0 Å². The van der Waals surface area contributed by atoms with Gasteiger partial charge in [0.05, 0.1) is 12.0 Å². The zero-order chi connectivity index (χ0) is 27.2. The molecule has 0 aliphatic heterocycles. The number of rotatable bonds is 9. The van der Waals surface area contributed by atoms with E-state index < -0.39 is 11.5 Å². The standard InChI is InChI=1S/C32H27NO5S/c1-37-29(34)22-38-27-19-17-23(18-20-27)21-28-30(35)33(31(36)39-28)32(24-11-5-2-6-12-24,25-13-7-3-8-14-25)26-15-9-4-10-16-26/h2-20,35H,21-22H2,1H3. The van der Waals surface area contributed by atoms with Crippen molar-refractivity contribution in [2.24, 2.45) is 0 Å². The maximum atomic E-state index is 13.8. The first-order valence-corrected chi connectivity index (χ1v) is 13.2. The van der Waals surface area contributed by atoms with Gasteiger partial charge in [0.15, 0.2) is 6.61 Å². The SMILES string of the molecule is COC(=O)COc1ccc(Cc2sc(=O)n(C(c3ccccc3)(c3ccccc3)c3ccccc3)c2O)cc1. The number of esters is 1. The molecule has 196 valence electrons. The van der Waals surface area contributed by atoms with Crippen LogP contribution >= 0.6 is 11.3 Å². The monoisotopic (exact) mass is 537 g/mol. The van der Waals surface area contributed by atoms with Gasteiger partial charge in [-0.25, -0.2) is 4.79 Å². The molecule has 0 bridgehead atoms. The van der Waals surface area contributed by atoms with Gasteiger partial charge in [-0.05, 0) is 34.4 Å². The Bertz CT molecular complexity index is 1500. The zero-order valence-corrected chi connectivity index (χ0v) is 22.1. The normalized spacial score (nSPS) is 11.2. The molecule has 0 saturated heterocycles. The van der Waals surface area contributed by atoms with Gasteiger partial charge < -0.3 is 14.6 Å². The summed E-state index contributed by atoms with van der Waals surface area (Å²) in [6.07, 6.45) is 0.352. The van der Waals surface area contributed by atoms with Crippen LogP contribution in [0.4, 0.5) is 0 Å². The summed E-state index contributed by atoms with van der Waals surface area (Å²) in [4.78, 5) is 25.4. The molecule has 0 fully saturated rings. The third-order valence-corrected chi connectivity index (χ3v) is 7.57. The molecule has 1 aromatic heterocycles. The molecule has 0 unspecified atom stereocenters. The van der Waals surface area contributed by atoms with E-state index in [1.165, 1.54) is 11.7 Å². The molecule has 7 heteroatoms. The van der Waals surface area contributed by atoms with Crippen molar-refractivity contribution in [1.82, 2.24) is 4.57 Å². The molecule has 0 amide bonds. The number of aromatic hydroxyl groups is 1. The maximum absolute atomic E-state index is 13.8. The Hall–Kier alpha value is -4.62. The van der Waals surface area contributed by atoms with E-state index in [-0.39, 0.29) is 17.4 Å². The summed E-state index contributed by atoms with van der Waals surface area (Å²) in [5.74, 6) is -0.0169. The molecule has 4 aromatic carbocycles. The summed E-state index contributed by atoms with van der Waals surface area (Å²) < 4.78 is 11.5. The average molecular weight is 538 g/mol. The van der Waals surface area contributed by atoms with Gasteiger partial charge >= 0.3 is 10.8 Å². The maximum Gasteiger partial charge on any atom is 0.343 e. The molecule has 0 spiro atoms. The fourth-order valence-corrected chi connectivity index (χ4v) is 5.78. The van der Waals surface area contributed by atoms with Gasteiger partial charge in [0, 0.05) is 6.42 Å². The largest absolute Gasteiger partial charge is 0.494 e. The van der Waals surface area contributed by atoms with Crippen LogP contribution in [0.1, 0.15) is 27.1 Å². The van der Waals surface area contributed by atoms with Crippen molar-refractivity contribution in [2.75, 3.05) is 13.7 Å². The molecule has 5 aromatic rings. The summed E-state index contributed by atoms with van der Waals surface area (Å²) in [5, 5.41) is 11.7. The van der Waals surface area contributed by atoms with Gasteiger partial charge in [-0.15, -0.1) is 0 Å². The van der Waals surface area contributed by atoms with Crippen LogP contribution in [0.2, 0.25) is 0 Å². The van der Waals surface area contributed by atoms with Gasteiger partial charge in [0.2, 0.25) is 5.88 Å². The van der Waals surface area contributed by atoms with Crippen LogP contribution in [0.3, 0.4) is 0 Å². The molecule has 6 nitrogen and oxygen atoms in total. The first-order chi connectivity index (χ1) is 19.0. The van der Waals surface area contributed by atoms with Gasteiger partial charge in [-0.3, -0.25) is 9.36 Å². The number of hydrogen-bond donors (Lipinski definition) is 1. The quantitative estimate of drug-likeness (QED) is 0.196. The molecule has 39 heavy (non-hydrogen) atoms. The van der Waals surface area contributed by atoms with E-state index >= 15 is 0 Å². The van der Waals surface area contributed by atoms with E-state index in [2.05, 4.69) is 4.74 Å². The van der Waals surface area contributed by atoms with Crippen molar-refractivity contribution < 1.29 is 19.4 Å². The number of hydrogen-bond acceptors (Lipinski definition) is 6. The number of thiazole rings is 1. The molecule has 0 atom stereocenters. The topological polar surface area (TPSA) is 77.8 Å². The number of methoxy groups -OCH3 is 1. The molecule has 0 aliphatic carbocycles. The van der Waals surface area contributed by atoms with Crippen molar-refractivity contribution in [3.8, 4) is 11.6 Å². The lowest BCUT2D eigenvalue weighted by Gasteiger charge is -2.37. The van der Waals surface area contributed by atoms with Gasteiger partial charge in [-0.2, -0.15) is 0 Å². The predicted octanol–water partition coefficient (Wildman–Crippen LogP) is 5.60. The van der Waals surface area contributed by atoms with Crippen LogP contribution in [0.15, 0.2) is 120 Å². The van der Waals surface area contributed by atoms with E-state index in [1.54, 1.807) is 12.1 Å². The van der Waals surface area contributed by atoms with Crippen molar-refractivity contribution >= 4 is 17.3 Å². The fourth-order valence-electron chi connectivity index (χ4n) is 4.83. The highest BCUT2D eigenvalue weighted by Crippen LogP contribution is 2.43. The Kier molecular flexibility index (Phi) is 7.61. The van der Waals surface area contributed by atoms with E-state index in [1.807, 2.05) is 103 Å². The Morgan fingerprint density at radius 3 is 1.74 bits per heavy atom. The van der Waals surface area contributed by atoms with Crippen LogP contribution in [0.25, 0.3) is 0 Å². The van der Waals surface area contributed by atoms with Crippen molar-refractivity contribution in [2.45, 2.75) is 12.0 Å². The lowest BCUT2D eigenvalue weighted by atomic mass is 9.76. The second kappa shape index (κ2) is 11.4. The average Bonchev–Trinajstić information content (AvgIpc) is 3.27. The van der Waals surface area contributed by atoms with E-state index in [9.17, 15) is 14.7 Å². The van der Waals surface area contributed by atoms with Gasteiger partial charge in [-0.1, -0.05) is 114 Å². The Balaban J connectivity index is 1.62. The van der Waals surface area contributed by atoms with E-state index in [4.69, 9.17) is 4.74 Å². The van der Waals surface area contributed by atoms with Crippen LogP contribution in [0, 0.1) is 0 Å². The Morgan fingerprint density at radius 1 is 0.795 bits per heavy atom. The first kappa shape index (κ1) is 26.0. The summed E-state index contributed by atoms with van der Waals surface area (Å²) in [6, 6.07) is 36.5. The lowest BCUT2D eigenvalue weighted by molar-refractivity contribution is -0.142. The van der Waals surface area contributed by atoms with Crippen LogP contribution < -0.4 is 9.61 Å². The van der Waals surface area contributed by atoms with Crippen molar-refractivity contribution in [1.29, 1.82) is 0 Å². The van der Waals surface area contributed by atoms with Crippen LogP contribution in [-0.4, -0.2) is 29.4 Å². The highest BCUT2D eigenvalue weighted by Gasteiger charge is 2.42. The Morgan fingerprint density at radius 2 is 1.28 bits per heavy atom. The summed E-state index contributed by atoms with van der Waals surface area (Å²) in [5.41, 5.74) is 2.36. The number of carbonyl (C=O) groups excluding carboxylic acids is 1. The summed E-state index contributed by atoms with van der Waals surface area (Å²) in [6.45, 7) is -0.179. The molecular formula is C32H27NO5S. The summed E-state index contributed by atoms with van der Waals surface area (Å²) >= 11 is 1.03. The number of nitrogens with zero attached hydrogens (tertiary/aromatic N) is 1. The number of benzene rings is 4. The number of carbonyl (C=O) groups is 1. The minimum atomic E-state index is -1.09. The molecule has 5 rings (SSSR count). The first-order valence-electron chi connectivity index (χ1n) is 12.4. The number of ether oxygens (including phenoxy) is 2. The van der Waals surface area contributed by atoms with Crippen molar-refractivity contribution in [3.05, 3.63) is 152 Å². The fraction of sp³-hybridized carbons (Fsp3) is 0.125. The minimum Gasteiger partial charge on any atom is -0.494 e. The molecule has 0 radical (unpaired) electrons. The molecule has 1 N–H and O–H groups in total. The van der Waals surface area contributed by atoms with Crippen LogP contribution in [0.5, 0.6) is 11.6 Å². The third-order valence-electron chi connectivity index (χ3n) is 6.64. The highest BCUT2D eigenvalue weighted by molar-refractivity contribution is 7.09. The third kappa shape index (κ3) is 5.09. The van der Waals surface area contributed by atoms with E-state index in [0.29, 0.717) is 17.0 Å². The molecule has 1 heterocycles. The van der Waals surface area contributed by atoms with Crippen molar-refractivity contribution in [3.63, 3.8) is 0 Å². The minimum absolute atomic E-state index is 0.0763. The number of aromatic nitrogens is 1. The lowest BCUT2D eigenvalue weighted by Crippen LogP contribution is -2.42. The summed E-state index contributed by atoms with van der Waals surface area (Å²) in [7, 11) is 1.31. The van der Waals surface area contributed by atoms with Gasteiger partial charge in [0.1, 0.15) is 11.3 Å². The van der Waals surface area contributed by atoms with E-state index in [0.717, 1.165) is 33.6 Å². The second-order valence-corrected chi connectivity index (χ2v) is 9.99. The highest BCUT2D eigenvalue weighted by atomic mass is 32.1. The van der Waals surface area contributed by atoms with Crippen LogP contribution in [-0.2, 0) is 21.5 Å². The Labute approximate surface area is 230 Å². The zero-order valence-electron chi connectivity index (χ0n) is 21.3. The predicted molar refractivity (Wildman–Crippen MR) is 152 cm³/mol. The molecule has 0 saturated carbocycles. The second-order valence-electron chi connectivity index (χ2n) is 8.94. The molecule has 0 aliphatic rings. The smallest absolute Gasteiger partial charge is 0.343 e. The molecular weight excluding hydrogens is 510 g/mol.